The molecule has 13 heavy (non-hydrogen) atoms. The van der Waals surface area contributed by atoms with E-state index in [0.717, 1.165) is 10.9 Å². The molecule has 0 saturated heterocycles. The number of hydrogen-bond donors (Lipinski definition) is 0. The molecule has 1 unspecified atom stereocenters. The fourth-order valence-corrected chi connectivity index (χ4v) is 1.74. The lowest BCUT2D eigenvalue weighted by molar-refractivity contribution is 0.735. The van der Waals surface area contributed by atoms with Gasteiger partial charge in [-0.3, -0.25) is 0 Å². The molecule has 1 aromatic rings. The Hall–Kier alpha value is -0.810. The van der Waals surface area contributed by atoms with Crippen molar-refractivity contribution < 1.29 is 0 Å². The van der Waals surface area contributed by atoms with E-state index < -0.39 is 0 Å². The van der Waals surface area contributed by atoms with Crippen molar-refractivity contribution in [1.29, 1.82) is 5.26 Å². The van der Waals surface area contributed by atoms with Gasteiger partial charge in [-0.15, -0.1) is 0 Å². The standard InChI is InChI=1S/C11H12BrN/c1-8(7-13)5-10-3-4-11(12)6-9(10)2/h3-4,6,8H,5H2,1-2H3. The van der Waals surface area contributed by atoms with Gasteiger partial charge in [0.25, 0.3) is 0 Å². The Kier molecular flexibility index (Phi) is 3.50. The van der Waals surface area contributed by atoms with Crippen LogP contribution < -0.4 is 0 Å². The number of nitrogens with zero attached hydrogens (tertiary/aromatic N) is 1. The van der Waals surface area contributed by atoms with Crippen LogP contribution in [0.3, 0.4) is 0 Å². The molecule has 0 aliphatic rings. The molecule has 0 saturated carbocycles. The zero-order valence-corrected chi connectivity index (χ0v) is 9.43. The van der Waals surface area contributed by atoms with E-state index in [0.29, 0.717) is 0 Å². The van der Waals surface area contributed by atoms with E-state index in [9.17, 15) is 0 Å². The smallest absolute Gasteiger partial charge is 0.0656 e. The van der Waals surface area contributed by atoms with Crippen molar-refractivity contribution in [2.24, 2.45) is 5.92 Å². The second-order valence-corrected chi connectivity index (χ2v) is 4.22. The molecular formula is C11H12BrN. The minimum absolute atomic E-state index is 0.0971. The van der Waals surface area contributed by atoms with Crippen molar-refractivity contribution in [3.8, 4) is 6.07 Å². The van der Waals surface area contributed by atoms with Crippen LogP contribution in [0.5, 0.6) is 0 Å². The predicted octanol–water partition coefficient (Wildman–Crippen LogP) is 3.46. The number of rotatable bonds is 2. The third-order valence-electron chi connectivity index (χ3n) is 2.05. The molecule has 0 aliphatic heterocycles. The molecule has 0 fully saturated rings. The van der Waals surface area contributed by atoms with Crippen LogP contribution >= 0.6 is 15.9 Å². The van der Waals surface area contributed by atoms with Crippen molar-refractivity contribution in [3.05, 3.63) is 33.8 Å². The summed E-state index contributed by atoms with van der Waals surface area (Å²) in [7, 11) is 0. The Morgan fingerprint density at radius 1 is 1.54 bits per heavy atom. The molecule has 0 aliphatic carbocycles. The summed E-state index contributed by atoms with van der Waals surface area (Å²) in [5.74, 6) is 0.0971. The molecule has 2 heteroatoms. The van der Waals surface area contributed by atoms with Crippen LogP contribution in [0.25, 0.3) is 0 Å². The first-order valence-corrected chi connectivity index (χ1v) is 5.07. The topological polar surface area (TPSA) is 23.8 Å². The Labute approximate surface area is 87.5 Å². The maximum atomic E-state index is 8.68. The summed E-state index contributed by atoms with van der Waals surface area (Å²) < 4.78 is 1.10. The van der Waals surface area contributed by atoms with Crippen molar-refractivity contribution >= 4 is 15.9 Å². The van der Waals surface area contributed by atoms with E-state index in [2.05, 4.69) is 41.1 Å². The van der Waals surface area contributed by atoms with Crippen molar-refractivity contribution in [1.82, 2.24) is 0 Å². The van der Waals surface area contributed by atoms with Crippen molar-refractivity contribution in [3.63, 3.8) is 0 Å². The summed E-state index contributed by atoms with van der Waals surface area (Å²) >= 11 is 3.41. The van der Waals surface area contributed by atoms with E-state index in [1.54, 1.807) is 0 Å². The fraction of sp³-hybridized carbons (Fsp3) is 0.364. The summed E-state index contributed by atoms with van der Waals surface area (Å²) in [6, 6.07) is 8.42. The number of benzene rings is 1. The average Bonchev–Trinajstić information content (AvgIpc) is 2.09. The van der Waals surface area contributed by atoms with E-state index in [4.69, 9.17) is 5.26 Å². The summed E-state index contributed by atoms with van der Waals surface area (Å²) in [4.78, 5) is 0. The van der Waals surface area contributed by atoms with Crippen LogP contribution in [0.2, 0.25) is 0 Å². The molecule has 68 valence electrons. The summed E-state index contributed by atoms with van der Waals surface area (Å²) in [5.41, 5.74) is 2.51. The first-order chi connectivity index (χ1) is 6.13. The highest BCUT2D eigenvalue weighted by molar-refractivity contribution is 9.10. The number of hydrogen-bond acceptors (Lipinski definition) is 1. The van der Waals surface area contributed by atoms with Gasteiger partial charge in [0.2, 0.25) is 0 Å². The van der Waals surface area contributed by atoms with Gasteiger partial charge in [0.15, 0.2) is 0 Å². The molecule has 0 aromatic heterocycles. The van der Waals surface area contributed by atoms with E-state index in [1.807, 2.05) is 13.0 Å². The van der Waals surface area contributed by atoms with Gasteiger partial charge < -0.3 is 0 Å². The second-order valence-electron chi connectivity index (χ2n) is 3.31. The molecule has 1 nitrogen and oxygen atoms in total. The first kappa shape index (κ1) is 10.3. The summed E-state index contributed by atoms with van der Waals surface area (Å²) in [5, 5.41) is 8.68. The largest absolute Gasteiger partial charge is 0.198 e. The number of aryl methyl sites for hydroxylation is 1. The van der Waals surface area contributed by atoms with Crippen LogP contribution in [-0.2, 0) is 6.42 Å². The SMILES string of the molecule is Cc1cc(Br)ccc1CC(C)C#N. The van der Waals surface area contributed by atoms with E-state index >= 15 is 0 Å². The van der Waals surface area contributed by atoms with Crippen LogP contribution in [0.15, 0.2) is 22.7 Å². The Morgan fingerprint density at radius 2 is 2.23 bits per heavy atom. The van der Waals surface area contributed by atoms with Gasteiger partial charge >= 0.3 is 0 Å². The molecule has 1 aromatic carbocycles. The van der Waals surface area contributed by atoms with Crippen molar-refractivity contribution in [2.45, 2.75) is 20.3 Å². The molecule has 0 amide bonds. The minimum Gasteiger partial charge on any atom is -0.198 e. The van der Waals surface area contributed by atoms with Gasteiger partial charge in [-0.1, -0.05) is 22.0 Å². The van der Waals surface area contributed by atoms with Gasteiger partial charge in [0.1, 0.15) is 0 Å². The molecule has 0 spiro atoms. The second kappa shape index (κ2) is 4.43. The normalized spacial score (nSPS) is 12.2. The molecule has 1 atom stereocenters. The molecule has 1 rings (SSSR count). The maximum Gasteiger partial charge on any atom is 0.0656 e. The molecule has 0 N–H and O–H groups in total. The average molecular weight is 238 g/mol. The van der Waals surface area contributed by atoms with Crippen LogP contribution in [0.1, 0.15) is 18.1 Å². The van der Waals surface area contributed by atoms with Gasteiger partial charge in [-0.05, 0) is 43.5 Å². The third kappa shape index (κ3) is 2.86. The van der Waals surface area contributed by atoms with Crippen LogP contribution in [-0.4, -0.2) is 0 Å². The maximum absolute atomic E-state index is 8.68. The Balaban J connectivity index is 2.85. The zero-order chi connectivity index (χ0) is 9.84. The van der Waals surface area contributed by atoms with E-state index in [1.165, 1.54) is 11.1 Å². The highest BCUT2D eigenvalue weighted by Crippen LogP contribution is 2.18. The Morgan fingerprint density at radius 3 is 2.77 bits per heavy atom. The lowest BCUT2D eigenvalue weighted by Gasteiger charge is -2.06. The third-order valence-corrected chi connectivity index (χ3v) is 2.54. The number of halogens is 1. The van der Waals surface area contributed by atoms with Gasteiger partial charge in [0, 0.05) is 10.4 Å². The highest BCUT2D eigenvalue weighted by Gasteiger charge is 2.04. The fourth-order valence-electron chi connectivity index (χ4n) is 1.26. The molecule has 0 radical (unpaired) electrons. The van der Waals surface area contributed by atoms with Gasteiger partial charge in [0.05, 0.1) is 6.07 Å². The van der Waals surface area contributed by atoms with Gasteiger partial charge in [-0.2, -0.15) is 5.26 Å². The highest BCUT2D eigenvalue weighted by atomic mass is 79.9. The summed E-state index contributed by atoms with van der Waals surface area (Å²) in [6.45, 7) is 4.02. The predicted molar refractivity (Wildman–Crippen MR) is 57.4 cm³/mol. The van der Waals surface area contributed by atoms with E-state index in [-0.39, 0.29) is 5.92 Å². The quantitative estimate of drug-likeness (QED) is 0.773. The molecule has 0 bridgehead atoms. The van der Waals surface area contributed by atoms with Crippen molar-refractivity contribution in [2.75, 3.05) is 0 Å². The number of nitriles is 1. The van der Waals surface area contributed by atoms with Crippen LogP contribution in [0.4, 0.5) is 0 Å². The first-order valence-electron chi connectivity index (χ1n) is 4.28. The monoisotopic (exact) mass is 237 g/mol. The van der Waals surface area contributed by atoms with Gasteiger partial charge in [-0.25, -0.2) is 0 Å². The minimum atomic E-state index is 0.0971. The Bertz CT molecular complexity index is 338. The summed E-state index contributed by atoms with van der Waals surface area (Å²) in [6.07, 6.45) is 0.843. The lowest BCUT2D eigenvalue weighted by atomic mass is 9.99. The lowest BCUT2D eigenvalue weighted by Crippen LogP contribution is -1.98. The zero-order valence-electron chi connectivity index (χ0n) is 7.84. The molecule has 0 heterocycles. The van der Waals surface area contributed by atoms with Crippen LogP contribution in [0, 0.1) is 24.2 Å². The molecular weight excluding hydrogens is 226 g/mol.